The van der Waals surface area contributed by atoms with Crippen molar-refractivity contribution in [3.8, 4) is 5.75 Å². The molecule has 1 rings (SSSR count). The fraction of sp³-hybridized carbons (Fsp3) is 0.333. The van der Waals surface area contributed by atoms with Crippen molar-refractivity contribution in [2.24, 2.45) is 0 Å². The smallest absolute Gasteiger partial charge is 0.202 e. The molecule has 1 aromatic rings. The molecule has 0 saturated heterocycles. The SMILES string of the molecule is CCCOc1c(N)ccc(F)c1F. The standard InChI is InChI=1S/C9H11F2NO/c1-2-5-13-9-7(12)4-3-6(10)8(9)11/h3-4H,2,5,12H2,1H3. The number of ether oxygens (including phenoxy) is 1. The number of nitrogen functional groups attached to an aromatic ring is 1. The van der Waals surface area contributed by atoms with Crippen LogP contribution in [-0.2, 0) is 0 Å². The molecule has 0 unspecified atom stereocenters. The Morgan fingerprint density at radius 3 is 2.69 bits per heavy atom. The molecule has 0 aromatic heterocycles. The Bertz CT molecular complexity index is 302. The predicted molar refractivity (Wildman–Crippen MR) is 46.6 cm³/mol. The maximum Gasteiger partial charge on any atom is 0.202 e. The van der Waals surface area contributed by atoms with Gasteiger partial charge in [0.1, 0.15) is 0 Å². The molecule has 4 heteroatoms. The van der Waals surface area contributed by atoms with Gasteiger partial charge in [0.15, 0.2) is 11.6 Å². The first-order chi connectivity index (χ1) is 6.16. The number of benzene rings is 1. The highest BCUT2D eigenvalue weighted by Gasteiger charge is 2.12. The van der Waals surface area contributed by atoms with Crippen LogP contribution >= 0.6 is 0 Å². The summed E-state index contributed by atoms with van der Waals surface area (Å²) in [4.78, 5) is 0. The van der Waals surface area contributed by atoms with E-state index in [1.165, 1.54) is 6.07 Å². The highest BCUT2D eigenvalue weighted by Crippen LogP contribution is 2.27. The van der Waals surface area contributed by atoms with Crippen LogP contribution in [0.2, 0.25) is 0 Å². The average Bonchev–Trinajstić information content (AvgIpc) is 2.12. The summed E-state index contributed by atoms with van der Waals surface area (Å²) >= 11 is 0. The lowest BCUT2D eigenvalue weighted by Gasteiger charge is -2.08. The molecule has 0 bridgehead atoms. The maximum absolute atomic E-state index is 13.0. The lowest BCUT2D eigenvalue weighted by atomic mass is 10.3. The molecule has 0 aliphatic heterocycles. The van der Waals surface area contributed by atoms with Gasteiger partial charge in [-0.15, -0.1) is 0 Å². The van der Waals surface area contributed by atoms with Gasteiger partial charge in [-0.2, -0.15) is 4.39 Å². The number of hydrogen-bond donors (Lipinski definition) is 1. The van der Waals surface area contributed by atoms with Crippen LogP contribution in [0.3, 0.4) is 0 Å². The second kappa shape index (κ2) is 4.07. The highest BCUT2D eigenvalue weighted by atomic mass is 19.2. The number of rotatable bonds is 3. The first-order valence-corrected chi connectivity index (χ1v) is 4.03. The van der Waals surface area contributed by atoms with E-state index < -0.39 is 11.6 Å². The van der Waals surface area contributed by atoms with Gasteiger partial charge in [0.2, 0.25) is 5.82 Å². The van der Waals surface area contributed by atoms with Crippen molar-refractivity contribution in [2.75, 3.05) is 12.3 Å². The van der Waals surface area contributed by atoms with Crippen LogP contribution in [0, 0.1) is 11.6 Å². The number of hydrogen-bond acceptors (Lipinski definition) is 2. The molecule has 0 radical (unpaired) electrons. The Morgan fingerprint density at radius 2 is 2.08 bits per heavy atom. The number of nitrogens with two attached hydrogens (primary N) is 1. The molecule has 0 saturated carbocycles. The van der Waals surface area contributed by atoms with E-state index in [1.54, 1.807) is 0 Å². The molecule has 0 atom stereocenters. The average molecular weight is 187 g/mol. The molecular weight excluding hydrogens is 176 g/mol. The quantitative estimate of drug-likeness (QED) is 0.737. The third kappa shape index (κ3) is 2.08. The van der Waals surface area contributed by atoms with Crippen molar-refractivity contribution in [1.29, 1.82) is 0 Å². The van der Waals surface area contributed by atoms with E-state index in [0.29, 0.717) is 6.61 Å². The highest BCUT2D eigenvalue weighted by molar-refractivity contribution is 5.53. The number of anilines is 1. The van der Waals surface area contributed by atoms with E-state index in [2.05, 4.69) is 0 Å². The van der Waals surface area contributed by atoms with Crippen LogP contribution in [0.15, 0.2) is 12.1 Å². The molecule has 0 amide bonds. The normalized spacial score (nSPS) is 10.1. The summed E-state index contributed by atoms with van der Waals surface area (Å²) in [5, 5.41) is 0. The van der Waals surface area contributed by atoms with E-state index in [-0.39, 0.29) is 11.4 Å². The van der Waals surface area contributed by atoms with Gasteiger partial charge in [-0.25, -0.2) is 4.39 Å². The van der Waals surface area contributed by atoms with Gasteiger partial charge >= 0.3 is 0 Å². The third-order valence-corrected chi connectivity index (χ3v) is 1.53. The predicted octanol–water partition coefficient (Wildman–Crippen LogP) is 2.34. The molecule has 0 aliphatic carbocycles. The van der Waals surface area contributed by atoms with Gasteiger partial charge in [0.25, 0.3) is 0 Å². The minimum absolute atomic E-state index is 0.118. The van der Waals surface area contributed by atoms with Crippen LogP contribution in [0.1, 0.15) is 13.3 Å². The minimum atomic E-state index is -1.02. The molecule has 0 fully saturated rings. The van der Waals surface area contributed by atoms with Crippen molar-refractivity contribution in [3.05, 3.63) is 23.8 Å². The molecule has 0 spiro atoms. The van der Waals surface area contributed by atoms with Crippen LogP contribution in [0.25, 0.3) is 0 Å². The lowest BCUT2D eigenvalue weighted by molar-refractivity contribution is 0.297. The Labute approximate surface area is 75.3 Å². The van der Waals surface area contributed by atoms with Crippen molar-refractivity contribution >= 4 is 5.69 Å². The molecule has 1 aromatic carbocycles. The molecule has 2 nitrogen and oxygen atoms in total. The van der Waals surface area contributed by atoms with E-state index in [0.717, 1.165) is 12.5 Å². The van der Waals surface area contributed by atoms with Crippen LogP contribution in [0.5, 0.6) is 5.75 Å². The molecular formula is C9H11F2NO. The lowest BCUT2D eigenvalue weighted by Crippen LogP contribution is -2.02. The minimum Gasteiger partial charge on any atom is -0.488 e. The summed E-state index contributed by atoms with van der Waals surface area (Å²) in [6.07, 6.45) is 0.718. The van der Waals surface area contributed by atoms with Crippen LogP contribution < -0.4 is 10.5 Å². The summed E-state index contributed by atoms with van der Waals surface area (Å²) in [7, 11) is 0. The van der Waals surface area contributed by atoms with E-state index in [1.807, 2.05) is 6.92 Å². The molecule has 0 aliphatic rings. The Morgan fingerprint density at radius 1 is 1.38 bits per heavy atom. The van der Waals surface area contributed by atoms with Gasteiger partial charge < -0.3 is 10.5 Å². The zero-order valence-electron chi connectivity index (χ0n) is 7.31. The van der Waals surface area contributed by atoms with Crippen molar-refractivity contribution in [3.63, 3.8) is 0 Å². The summed E-state index contributed by atoms with van der Waals surface area (Å²) < 4.78 is 30.6. The van der Waals surface area contributed by atoms with E-state index in [9.17, 15) is 8.78 Å². The van der Waals surface area contributed by atoms with Gasteiger partial charge in [0.05, 0.1) is 12.3 Å². The topological polar surface area (TPSA) is 35.2 Å². The molecule has 2 N–H and O–H groups in total. The fourth-order valence-corrected chi connectivity index (χ4v) is 0.898. The molecule has 72 valence electrons. The molecule has 0 heterocycles. The van der Waals surface area contributed by atoms with Crippen LogP contribution in [-0.4, -0.2) is 6.61 Å². The third-order valence-electron chi connectivity index (χ3n) is 1.53. The first kappa shape index (κ1) is 9.77. The van der Waals surface area contributed by atoms with Gasteiger partial charge in [0, 0.05) is 0 Å². The Balaban J connectivity index is 2.96. The summed E-state index contributed by atoms with van der Waals surface area (Å²) in [5.41, 5.74) is 5.52. The zero-order valence-corrected chi connectivity index (χ0v) is 7.31. The fourth-order valence-electron chi connectivity index (χ4n) is 0.898. The molecule has 13 heavy (non-hydrogen) atoms. The Hall–Kier alpha value is -1.32. The first-order valence-electron chi connectivity index (χ1n) is 4.03. The maximum atomic E-state index is 13.0. The zero-order chi connectivity index (χ0) is 9.84. The monoisotopic (exact) mass is 187 g/mol. The van der Waals surface area contributed by atoms with Crippen molar-refractivity contribution in [2.45, 2.75) is 13.3 Å². The largest absolute Gasteiger partial charge is 0.488 e. The second-order valence-electron chi connectivity index (χ2n) is 2.63. The second-order valence-corrected chi connectivity index (χ2v) is 2.63. The van der Waals surface area contributed by atoms with E-state index in [4.69, 9.17) is 10.5 Å². The van der Waals surface area contributed by atoms with E-state index >= 15 is 0 Å². The summed E-state index contributed by atoms with van der Waals surface area (Å²) in [6.45, 7) is 2.19. The number of halogens is 2. The van der Waals surface area contributed by atoms with Crippen molar-refractivity contribution < 1.29 is 13.5 Å². The van der Waals surface area contributed by atoms with Crippen molar-refractivity contribution in [1.82, 2.24) is 0 Å². The Kier molecular flexibility index (Phi) is 3.06. The van der Waals surface area contributed by atoms with Gasteiger partial charge in [-0.1, -0.05) is 6.92 Å². The van der Waals surface area contributed by atoms with Crippen LogP contribution in [0.4, 0.5) is 14.5 Å². The van der Waals surface area contributed by atoms with Gasteiger partial charge in [-0.05, 0) is 18.6 Å². The summed E-state index contributed by atoms with van der Waals surface area (Å²) in [5.74, 6) is -2.16. The summed E-state index contributed by atoms with van der Waals surface area (Å²) in [6, 6.07) is 2.26. The van der Waals surface area contributed by atoms with Gasteiger partial charge in [-0.3, -0.25) is 0 Å².